The van der Waals surface area contributed by atoms with E-state index in [4.69, 9.17) is 9.84 Å². The van der Waals surface area contributed by atoms with Gasteiger partial charge in [-0.25, -0.2) is 0 Å². The molecule has 2 aromatic carbocycles. The second-order valence-corrected chi connectivity index (χ2v) is 4.02. The number of rotatable bonds is 3. The summed E-state index contributed by atoms with van der Waals surface area (Å²) in [5, 5.41) is 10.9. The number of carboxylic acids is 1. The molecule has 0 amide bonds. The van der Waals surface area contributed by atoms with Gasteiger partial charge in [0.2, 0.25) is 0 Å². The molecule has 0 radical (unpaired) electrons. The van der Waals surface area contributed by atoms with Crippen LogP contribution in [0.2, 0.25) is 0 Å². The number of carboxylic acid groups (broad SMARTS) is 1. The first-order valence-corrected chi connectivity index (χ1v) is 5.40. The molecule has 0 heterocycles. The van der Waals surface area contributed by atoms with Crippen molar-refractivity contribution in [2.24, 2.45) is 0 Å². The molecular formula is C14H14O3. The summed E-state index contributed by atoms with van der Waals surface area (Å²) >= 11 is 0. The summed E-state index contributed by atoms with van der Waals surface area (Å²) < 4.78 is 5.25. The highest BCUT2D eigenvalue weighted by Crippen LogP contribution is 2.27. The lowest BCUT2D eigenvalue weighted by Gasteiger charge is -2.09. The van der Waals surface area contributed by atoms with Crippen molar-refractivity contribution in [3.05, 3.63) is 41.5 Å². The lowest BCUT2D eigenvalue weighted by molar-refractivity contribution is -0.136. The van der Waals surface area contributed by atoms with Gasteiger partial charge in [-0.05, 0) is 34.9 Å². The molecule has 0 fully saturated rings. The maximum Gasteiger partial charge on any atom is 0.307 e. The molecule has 0 atom stereocenters. The third-order valence-electron chi connectivity index (χ3n) is 2.88. The lowest BCUT2D eigenvalue weighted by atomic mass is 10.0. The van der Waals surface area contributed by atoms with Gasteiger partial charge < -0.3 is 9.84 Å². The average molecular weight is 230 g/mol. The van der Waals surface area contributed by atoms with E-state index in [0.29, 0.717) is 0 Å². The summed E-state index contributed by atoms with van der Waals surface area (Å²) in [6, 6.07) is 9.57. The van der Waals surface area contributed by atoms with Crippen molar-refractivity contribution < 1.29 is 14.6 Å². The first-order valence-electron chi connectivity index (χ1n) is 5.40. The van der Waals surface area contributed by atoms with Crippen LogP contribution in [0.25, 0.3) is 10.8 Å². The van der Waals surface area contributed by atoms with Gasteiger partial charge in [-0.15, -0.1) is 0 Å². The Morgan fingerprint density at radius 2 is 2.06 bits per heavy atom. The van der Waals surface area contributed by atoms with Crippen LogP contribution >= 0.6 is 0 Å². The molecule has 0 aliphatic carbocycles. The molecule has 0 spiro atoms. The molecule has 17 heavy (non-hydrogen) atoms. The maximum atomic E-state index is 10.7. The van der Waals surface area contributed by atoms with Crippen molar-refractivity contribution in [1.82, 2.24) is 0 Å². The van der Waals surface area contributed by atoms with E-state index < -0.39 is 5.97 Å². The smallest absolute Gasteiger partial charge is 0.307 e. The molecule has 0 bridgehead atoms. The Labute approximate surface area is 99.6 Å². The number of aryl methyl sites for hydroxylation is 1. The highest BCUT2D eigenvalue weighted by atomic mass is 16.5. The van der Waals surface area contributed by atoms with Crippen molar-refractivity contribution in [2.45, 2.75) is 13.3 Å². The minimum atomic E-state index is -0.811. The predicted octanol–water partition coefficient (Wildman–Crippen LogP) is 2.78. The predicted molar refractivity (Wildman–Crippen MR) is 66.6 cm³/mol. The number of ether oxygens (including phenoxy) is 1. The summed E-state index contributed by atoms with van der Waals surface area (Å²) in [4.78, 5) is 10.7. The monoisotopic (exact) mass is 230 g/mol. The zero-order chi connectivity index (χ0) is 12.4. The third kappa shape index (κ3) is 2.23. The Morgan fingerprint density at radius 1 is 1.29 bits per heavy atom. The largest absolute Gasteiger partial charge is 0.496 e. The van der Waals surface area contributed by atoms with Gasteiger partial charge >= 0.3 is 5.97 Å². The maximum absolute atomic E-state index is 10.7. The highest BCUT2D eigenvalue weighted by Gasteiger charge is 2.06. The van der Waals surface area contributed by atoms with E-state index in [0.717, 1.165) is 27.6 Å². The number of carbonyl (C=O) groups is 1. The molecule has 3 heteroatoms. The van der Waals surface area contributed by atoms with Crippen LogP contribution in [0.1, 0.15) is 11.1 Å². The summed E-state index contributed by atoms with van der Waals surface area (Å²) in [6.07, 6.45) is 0.0566. The quantitative estimate of drug-likeness (QED) is 0.881. The van der Waals surface area contributed by atoms with E-state index in [9.17, 15) is 4.79 Å². The molecule has 0 unspecified atom stereocenters. The summed E-state index contributed by atoms with van der Waals surface area (Å²) in [5.74, 6) is 0.0399. The van der Waals surface area contributed by atoms with E-state index in [1.165, 1.54) is 0 Å². The summed E-state index contributed by atoms with van der Waals surface area (Å²) in [5.41, 5.74) is 1.89. The Hall–Kier alpha value is -2.03. The Bertz CT molecular complexity index is 573. The van der Waals surface area contributed by atoms with Crippen LogP contribution in [0.3, 0.4) is 0 Å². The molecule has 0 saturated carbocycles. The molecule has 0 aliphatic rings. The Morgan fingerprint density at radius 3 is 2.71 bits per heavy atom. The first-order chi connectivity index (χ1) is 8.11. The molecule has 0 aliphatic heterocycles. The average Bonchev–Trinajstić information content (AvgIpc) is 2.28. The molecule has 2 rings (SSSR count). The van der Waals surface area contributed by atoms with Gasteiger partial charge in [0.25, 0.3) is 0 Å². The van der Waals surface area contributed by atoms with Crippen molar-refractivity contribution in [3.8, 4) is 5.75 Å². The molecule has 1 N–H and O–H groups in total. The summed E-state index contributed by atoms with van der Waals surface area (Å²) in [6.45, 7) is 2.00. The second-order valence-electron chi connectivity index (χ2n) is 4.02. The van der Waals surface area contributed by atoms with Crippen molar-refractivity contribution >= 4 is 16.7 Å². The fourth-order valence-electron chi connectivity index (χ4n) is 2.02. The molecule has 88 valence electrons. The molecule has 0 aromatic heterocycles. The van der Waals surface area contributed by atoms with Crippen LogP contribution in [0, 0.1) is 6.92 Å². The Kier molecular flexibility index (Phi) is 3.00. The van der Waals surface area contributed by atoms with Gasteiger partial charge in [0.05, 0.1) is 13.5 Å². The minimum absolute atomic E-state index is 0.0566. The first kappa shape index (κ1) is 11.5. The van der Waals surface area contributed by atoms with Gasteiger partial charge in [0.1, 0.15) is 5.75 Å². The van der Waals surface area contributed by atoms with E-state index in [-0.39, 0.29) is 6.42 Å². The fraction of sp³-hybridized carbons (Fsp3) is 0.214. The van der Waals surface area contributed by atoms with Crippen LogP contribution < -0.4 is 4.74 Å². The van der Waals surface area contributed by atoms with E-state index in [1.807, 2.05) is 37.3 Å². The standard InChI is InChI=1S/C14H14O3/c1-9-12-5-3-10(8-14(15)16)7-11(12)4-6-13(9)17-2/h3-7H,8H2,1-2H3,(H,15,16). The van der Waals surface area contributed by atoms with Crippen LogP contribution in [-0.4, -0.2) is 18.2 Å². The van der Waals surface area contributed by atoms with Gasteiger partial charge in [-0.3, -0.25) is 4.79 Å². The van der Waals surface area contributed by atoms with E-state index in [2.05, 4.69) is 0 Å². The van der Waals surface area contributed by atoms with Crippen molar-refractivity contribution in [1.29, 1.82) is 0 Å². The molecule has 0 saturated heterocycles. The number of benzene rings is 2. The number of methoxy groups -OCH3 is 1. The Balaban J connectivity index is 2.53. The molecule has 2 aromatic rings. The van der Waals surface area contributed by atoms with Gasteiger partial charge in [-0.1, -0.05) is 24.3 Å². The van der Waals surface area contributed by atoms with Crippen LogP contribution in [0.15, 0.2) is 30.3 Å². The normalized spacial score (nSPS) is 10.5. The van der Waals surface area contributed by atoms with E-state index in [1.54, 1.807) is 7.11 Å². The van der Waals surface area contributed by atoms with Crippen LogP contribution in [-0.2, 0) is 11.2 Å². The SMILES string of the molecule is COc1ccc2cc(CC(=O)O)ccc2c1C. The molecular weight excluding hydrogens is 216 g/mol. The third-order valence-corrected chi connectivity index (χ3v) is 2.88. The topological polar surface area (TPSA) is 46.5 Å². The molecule has 3 nitrogen and oxygen atoms in total. The lowest BCUT2D eigenvalue weighted by Crippen LogP contribution is -1.99. The van der Waals surface area contributed by atoms with Gasteiger partial charge in [0.15, 0.2) is 0 Å². The van der Waals surface area contributed by atoms with Gasteiger partial charge in [-0.2, -0.15) is 0 Å². The van der Waals surface area contributed by atoms with Crippen molar-refractivity contribution in [3.63, 3.8) is 0 Å². The number of aliphatic carboxylic acids is 1. The van der Waals surface area contributed by atoms with Crippen LogP contribution in [0.5, 0.6) is 5.75 Å². The number of fused-ring (bicyclic) bond motifs is 1. The van der Waals surface area contributed by atoms with E-state index >= 15 is 0 Å². The fourth-order valence-corrected chi connectivity index (χ4v) is 2.02. The summed E-state index contributed by atoms with van der Waals surface area (Å²) in [7, 11) is 1.65. The minimum Gasteiger partial charge on any atom is -0.496 e. The second kappa shape index (κ2) is 4.45. The van der Waals surface area contributed by atoms with Crippen LogP contribution in [0.4, 0.5) is 0 Å². The zero-order valence-electron chi connectivity index (χ0n) is 9.86. The number of hydrogen-bond donors (Lipinski definition) is 1. The number of hydrogen-bond acceptors (Lipinski definition) is 2. The zero-order valence-corrected chi connectivity index (χ0v) is 9.86. The highest BCUT2D eigenvalue weighted by molar-refractivity contribution is 5.88. The van der Waals surface area contributed by atoms with Gasteiger partial charge in [0, 0.05) is 0 Å². The van der Waals surface area contributed by atoms with Crippen molar-refractivity contribution in [2.75, 3.05) is 7.11 Å².